The molecule has 3 aromatic carbocycles. The molecule has 158 valence electrons. The standard InChI is InChI=1S/C25H18ClN3O3/c1-15-5-7-21-22(9-15)29-24(28-21)19(13-27)10-16-6-8-23(20(26)12-16)32-14-17-3-2-4-18(11-17)25(30)31/h2-12H,14H2,1H3,(H,28,29)(H,30,31)/b19-10-. The fourth-order valence-electron chi connectivity index (χ4n) is 3.25. The molecule has 0 fully saturated rings. The lowest BCUT2D eigenvalue weighted by Crippen LogP contribution is -2.00. The molecule has 2 N–H and O–H groups in total. The monoisotopic (exact) mass is 443 g/mol. The number of hydrogen-bond donors (Lipinski definition) is 2. The van der Waals surface area contributed by atoms with E-state index in [4.69, 9.17) is 21.4 Å². The van der Waals surface area contributed by atoms with Crippen molar-refractivity contribution in [2.45, 2.75) is 13.5 Å². The van der Waals surface area contributed by atoms with Gasteiger partial charge in [-0.3, -0.25) is 0 Å². The largest absolute Gasteiger partial charge is 0.487 e. The minimum Gasteiger partial charge on any atom is -0.487 e. The molecule has 0 radical (unpaired) electrons. The van der Waals surface area contributed by atoms with Gasteiger partial charge in [-0.25, -0.2) is 9.78 Å². The van der Waals surface area contributed by atoms with Gasteiger partial charge in [-0.05, 0) is 66.1 Å². The number of carboxylic acids is 1. The highest BCUT2D eigenvalue weighted by Gasteiger charge is 2.10. The van der Waals surface area contributed by atoms with Crippen LogP contribution in [0.3, 0.4) is 0 Å². The number of nitriles is 1. The van der Waals surface area contributed by atoms with Gasteiger partial charge >= 0.3 is 5.97 Å². The Hall–Kier alpha value is -4.08. The van der Waals surface area contributed by atoms with Crippen LogP contribution in [-0.4, -0.2) is 21.0 Å². The van der Waals surface area contributed by atoms with Crippen LogP contribution in [0.4, 0.5) is 0 Å². The van der Waals surface area contributed by atoms with Crippen LogP contribution in [0.1, 0.15) is 32.9 Å². The van der Waals surface area contributed by atoms with E-state index in [0.29, 0.717) is 22.2 Å². The Balaban J connectivity index is 1.54. The summed E-state index contributed by atoms with van der Waals surface area (Å²) in [5, 5.41) is 19.1. The first kappa shape index (κ1) is 21.2. The lowest BCUT2D eigenvalue weighted by molar-refractivity contribution is 0.0696. The predicted molar refractivity (Wildman–Crippen MR) is 124 cm³/mol. The normalized spacial score (nSPS) is 11.3. The molecule has 0 aliphatic carbocycles. The molecule has 4 rings (SSSR count). The number of aromatic amines is 1. The molecule has 0 bridgehead atoms. The zero-order chi connectivity index (χ0) is 22.7. The highest BCUT2D eigenvalue weighted by Crippen LogP contribution is 2.28. The number of aromatic carboxylic acids is 1. The molecular weight excluding hydrogens is 426 g/mol. The summed E-state index contributed by atoms with van der Waals surface area (Å²) in [7, 11) is 0. The van der Waals surface area contributed by atoms with Crippen molar-refractivity contribution >= 4 is 40.3 Å². The molecule has 0 amide bonds. The van der Waals surface area contributed by atoms with Crippen molar-refractivity contribution in [2.24, 2.45) is 0 Å². The maximum absolute atomic E-state index is 11.1. The van der Waals surface area contributed by atoms with E-state index >= 15 is 0 Å². The first-order chi connectivity index (χ1) is 15.4. The molecule has 0 saturated carbocycles. The molecule has 0 unspecified atom stereocenters. The number of aryl methyl sites for hydroxylation is 1. The maximum Gasteiger partial charge on any atom is 0.335 e. The average molecular weight is 444 g/mol. The Labute approximate surface area is 189 Å². The Morgan fingerprint density at radius 3 is 2.81 bits per heavy atom. The van der Waals surface area contributed by atoms with Crippen molar-refractivity contribution in [3.63, 3.8) is 0 Å². The van der Waals surface area contributed by atoms with E-state index in [9.17, 15) is 10.1 Å². The molecule has 0 saturated heterocycles. The van der Waals surface area contributed by atoms with Gasteiger partial charge in [0.05, 0.1) is 27.2 Å². The zero-order valence-corrected chi connectivity index (χ0v) is 17.8. The Morgan fingerprint density at radius 1 is 1.22 bits per heavy atom. The van der Waals surface area contributed by atoms with Crippen LogP contribution in [0, 0.1) is 18.3 Å². The van der Waals surface area contributed by atoms with Gasteiger partial charge in [0.25, 0.3) is 0 Å². The summed E-state index contributed by atoms with van der Waals surface area (Å²) in [5.41, 5.74) is 4.79. The lowest BCUT2D eigenvalue weighted by Gasteiger charge is -2.09. The van der Waals surface area contributed by atoms with Gasteiger partial charge in [-0.1, -0.05) is 35.9 Å². The van der Waals surface area contributed by atoms with Crippen LogP contribution in [-0.2, 0) is 6.61 Å². The third kappa shape index (κ3) is 4.64. The number of ether oxygens (including phenoxy) is 1. The quantitative estimate of drug-likeness (QED) is 0.363. The summed E-state index contributed by atoms with van der Waals surface area (Å²) in [4.78, 5) is 18.8. The van der Waals surface area contributed by atoms with Crippen molar-refractivity contribution in [1.82, 2.24) is 9.97 Å². The molecule has 0 atom stereocenters. The molecule has 1 heterocycles. The van der Waals surface area contributed by atoms with E-state index < -0.39 is 5.97 Å². The Morgan fingerprint density at radius 2 is 2.06 bits per heavy atom. The minimum absolute atomic E-state index is 0.178. The third-order valence-corrected chi connectivity index (χ3v) is 5.14. The summed E-state index contributed by atoms with van der Waals surface area (Å²) in [6.45, 7) is 2.17. The van der Waals surface area contributed by atoms with Crippen LogP contribution in [0.2, 0.25) is 5.02 Å². The number of hydrogen-bond acceptors (Lipinski definition) is 4. The first-order valence-electron chi connectivity index (χ1n) is 9.76. The predicted octanol–water partition coefficient (Wildman–Crippen LogP) is 5.87. The molecule has 0 aliphatic heterocycles. The Bertz CT molecular complexity index is 1400. The van der Waals surface area contributed by atoms with Crippen LogP contribution in [0.15, 0.2) is 60.7 Å². The van der Waals surface area contributed by atoms with E-state index in [2.05, 4.69) is 16.0 Å². The van der Waals surface area contributed by atoms with Crippen LogP contribution in [0.5, 0.6) is 5.75 Å². The van der Waals surface area contributed by atoms with Crippen LogP contribution < -0.4 is 4.74 Å². The van der Waals surface area contributed by atoms with Gasteiger partial charge in [-0.2, -0.15) is 5.26 Å². The first-order valence-corrected chi connectivity index (χ1v) is 10.1. The summed E-state index contributed by atoms with van der Waals surface area (Å²) in [6, 6.07) is 19.8. The van der Waals surface area contributed by atoms with Gasteiger partial charge in [0.1, 0.15) is 24.3 Å². The molecule has 6 nitrogen and oxygen atoms in total. The highest BCUT2D eigenvalue weighted by atomic mass is 35.5. The second-order valence-electron chi connectivity index (χ2n) is 7.26. The molecule has 7 heteroatoms. The van der Waals surface area contributed by atoms with Gasteiger partial charge in [0.2, 0.25) is 0 Å². The number of nitrogens with one attached hydrogen (secondary N) is 1. The second-order valence-corrected chi connectivity index (χ2v) is 7.67. The number of aromatic nitrogens is 2. The minimum atomic E-state index is -0.992. The van der Waals surface area contributed by atoms with Gasteiger partial charge in [-0.15, -0.1) is 0 Å². The van der Waals surface area contributed by atoms with Gasteiger partial charge in [0, 0.05) is 0 Å². The zero-order valence-electron chi connectivity index (χ0n) is 17.1. The summed E-state index contributed by atoms with van der Waals surface area (Å²) in [6.07, 6.45) is 1.70. The van der Waals surface area contributed by atoms with Crippen molar-refractivity contribution in [1.29, 1.82) is 5.26 Å². The van der Waals surface area contributed by atoms with E-state index in [1.165, 1.54) is 6.07 Å². The number of rotatable bonds is 6. The summed E-state index contributed by atoms with van der Waals surface area (Å²) >= 11 is 6.38. The fraction of sp³-hybridized carbons (Fsp3) is 0.0800. The summed E-state index contributed by atoms with van der Waals surface area (Å²) in [5.74, 6) is -0.0426. The summed E-state index contributed by atoms with van der Waals surface area (Å²) < 4.78 is 5.75. The molecule has 0 spiro atoms. The van der Waals surface area contributed by atoms with E-state index in [0.717, 1.165) is 27.7 Å². The smallest absolute Gasteiger partial charge is 0.335 e. The van der Waals surface area contributed by atoms with Crippen molar-refractivity contribution in [2.75, 3.05) is 0 Å². The van der Waals surface area contributed by atoms with Crippen molar-refractivity contribution < 1.29 is 14.6 Å². The average Bonchev–Trinajstić information content (AvgIpc) is 3.20. The van der Waals surface area contributed by atoms with E-state index in [1.54, 1.807) is 42.5 Å². The lowest BCUT2D eigenvalue weighted by atomic mass is 10.1. The maximum atomic E-state index is 11.1. The number of nitrogens with zero attached hydrogens (tertiary/aromatic N) is 2. The van der Waals surface area contributed by atoms with Crippen LogP contribution in [0.25, 0.3) is 22.7 Å². The molecule has 32 heavy (non-hydrogen) atoms. The number of fused-ring (bicyclic) bond motifs is 1. The number of carboxylic acid groups (broad SMARTS) is 1. The molecular formula is C25H18ClN3O3. The van der Waals surface area contributed by atoms with E-state index in [-0.39, 0.29) is 12.2 Å². The molecule has 0 aliphatic rings. The van der Waals surface area contributed by atoms with E-state index in [1.807, 2.05) is 25.1 Å². The molecule has 1 aromatic heterocycles. The number of H-pyrrole nitrogens is 1. The number of imidazole rings is 1. The number of allylic oxidation sites excluding steroid dienone is 1. The Kier molecular flexibility index (Phi) is 5.93. The van der Waals surface area contributed by atoms with Gasteiger partial charge < -0.3 is 14.8 Å². The number of halogens is 1. The third-order valence-electron chi connectivity index (χ3n) is 4.85. The SMILES string of the molecule is Cc1ccc2nc(/C(C#N)=C\c3ccc(OCc4cccc(C(=O)O)c4)c(Cl)c3)[nH]c2c1. The number of carbonyl (C=O) groups is 1. The van der Waals surface area contributed by atoms with Crippen LogP contribution >= 0.6 is 11.6 Å². The number of benzene rings is 3. The van der Waals surface area contributed by atoms with Crippen molar-refractivity contribution in [3.05, 3.63) is 93.8 Å². The second kappa shape index (κ2) is 8.96. The van der Waals surface area contributed by atoms with Crippen molar-refractivity contribution in [3.8, 4) is 11.8 Å². The van der Waals surface area contributed by atoms with Gasteiger partial charge in [0.15, 0.2) is 0 Å². The topological polar surface area (TPSA) is 99.0 Å². The molecule has 4 aromatic rings. The fourth-order valence-corrected chi connectivity index (χ4v) is 3.49. The highest BCUT2D eigenvalue weighted by molar-refractivity contribution is 6.32.